The highest BCUT2D eigenvalue weighted by atomic mass is 32.1. The molecule has 1 unspecified atom stereocenters. The summed E-state index contributed by atoms with van der Waals surface area (Å²) in [6.45, 7) is 1.53. The van der Waals surface area contributed by atoms with Gasteiger partial charge in [-0.2, -0.15) is 0 Å². The number of hydrogen-bond acceptors (Lipinski definition) is 8. The molecule has 0 spiro atoms. The molecule has 0 aliphatic carbocycles. The van der Waals surface area contributed by atoms with Crippen LogP contribution in [0.15, 0.2) is 53.1 Å². The summed E-state index contributed by atoms with van der Waals surface area (Å²) in [7, 11) is 3.23. The third-order valence-electron chi connectivity index (χ3n) is 6.68. The average Bonchev–Trinajstić information content (AvgIpc) is 3.65. The summed E-state index contributed by atoms with van der Waals surface area (Å²) in [5, 5.41) is 5.78. The number of terminal acetylenes is 1. The zero-order valence-electron chi connectivity index (χ0n) is 20.6. The third-order valence-corrected chi connectivity index (χ3v) is 7.57. The van der Waals surface area contributed by atoms with Crippen molar-refractivity contribution in [3.63, 3.8) is 0 Å². The number of nitrogens with zero attached hydrogens (tertiary/aromatic N) is 4. The summed E-state index contributed by atoms with van der Waals surface area (Å²) < 4.78 is 25.1. The first-order valence-corrected chi connectivity index (χ1v) is 12.9. The summed E-state index contributed by atoms with van der Waals surface area (Å²) in [6, 6.07) is 14.2. The van der Waals surface area contributed by atoms with Gasteiger partial charge in [0.1, 0.15) is 29.4 Å². The fraction of sp³-hybridized carbons (Fsp3) is 0.286. The predicted octanol–water partition coefficient (Wildman–Crippen LogP) is 5.64. The van der Waals surface area contributed by atoms with Crippen LogP contribution < -0.4 is 19.1 Å². The Morgan fingerprint density at radius 3 is 2.76 bits per heavy atom. The summed E-state index contributed by atoms with van der Waals surface area (Å²) in [4.78, 5) is 7.80. The highest BCUT2D eigenvalue weighted by Gasteiger charge is 2.24. The van der Waals surface area contributed by atoms with Crippen molar-refractivity contribution in [1.82, 2.24) is 14.6 Å². The molecule has 6 rings (SSSR count). The maximum Gasteiger partial charge on any atom is 0.294 e. The van der Waals surface area contributed by atoms with Crippen LogP contribution in [0.25, 0.3) is 27.4 Å². The predicted molar refractivity (Wildman–Crippen MR) is 144 cm³/mol. The molecule has 1 aliphatic heterocycles. The molecule has 0 amide bonds. The molecule has 2 aromatic carbocycles. The Balaban J connectivity index is 1.28. The lowest BCUT2D eigenvalue weighted by Gasteiger charge is -2.37. The molecule has 4 heterocycles. The van der Waals surface area contributed by atoms with Gasteiger partial charge in [0.15, 0.2) is 5.76 Å². The molecule has 0 radical (unpaired) electrons. The second-order valence-electron chi connectivity index (χ2n) is 8.92. The van der Waals surface area contributed by atoms with Crippen LogP contribution in [0.5, 0.6) is 16.7 Å². The molecular formula is C28H26N4O4S. The van der Waals surface area contributed by atoms with Crippen LogP contribution in [0.1, 0.15) is 24.8 Å². The van der Waals surface area contributed by atoms with E-state index in [0.717, 1.165) is 41.0 Å². The lowest BCUT2D eigenvalue weighted by atomic mass is 10.0. The molecule has 0 bridgehead atoms. The first-order chi connectivity index (χ1) is 18.1. The number of benzene rings is 2. The van der Waals surface area contributed by atoms with Crippen LogP contribution in [-0.4, -0.2) is 48.0 Å². The van der Waals surface area contributed by atoms with Gasteiger partial charge in [0.25, 0.3) is 5.19 Å². The number of rotatable bonds is 7. The van der Waals surface area contributed by atoms with Gasteiger partial charge < -0.3 is 23.5 Å². The van der Waals surface area contributed by atoms with E-state index in [1.807, 2.05) is 36.5 Å². The molecule has 9 heteroatoms. The van der Waals surface area contributed by atoms with Gasteiger partial charge in [-0.25, -0.2) is 9.50 Å². The van der Waals surface area contributed by atoms with E-state index in [2.05, 4.69) is 33.0 Å². The van der Waals surface area contributed by atoms with Gasteiger partial charge in [0.05, 0.1) is 31.8 Å². The van der Waals surface area contributed by atoms with Crippen LogP contribution in [-0.2, 0) is 0 Å². The van der Waals surface area contributed by atoms with Crippen molar-refractivity contribution < 1.29 is 18.6 Å². The fourth-order valence-electron chi connectivity index (χ4n) is 4.78. The van der Waals surface area contributed by atoms with E-state index in [1.54, 1.807) is 18.7 Å². The number of anilines is 1. The molecule has 0 N–H and O–H groups in total. The Morgan fingerprint density at radius 1 is 1.14 bits per heavy atom. The van der Waals surface area contributed by atoms with Crippen LogP contribution in [0.4, 0.5) is 5.69 Å². The van der Waals surface area contributed by atoms with Crippen molar-refractivity contribution in [3.05, 3.63) is 54.2 Å². The smallest absolute Gasteiger partial charge is 0.294 e. The molecule has 1 fully saturated rings. The summed E-state index contributed by atoms with van der Waals surface area (Å²) in [5.41, 5.74) is 3.42. The fourth-order valence-corrected chi connectivity index (χ4v) is 5.48. The second kappa shape index (κ2) is 9.71. The van der Waals surface area contributed by atoms with Gasteiger partial charge in [0, 0.05) is 29.9 Å². The van der Waals surface area contributed by atoms with Crippen molar-refractivity contribution in [2.75, 3.05) is 32.3 Å². The van der Waals surface area contributed by atoms with Crippen molar-refractivity contribution in [2.24, 2.45) is 0 Å². The quantitative estimate of drug-likeness (QED) is 0.260. The molecule has 1 aliphatic rings. The SMILES string of the molecule is C#Cc1ccc(N2CCCCC2COc2cc(OC)cc3oc(-c4cn5nc(OC)sc5n4)cc23)cc1. The Bertz CT molecular complexity index is 1560. The molecule has 37 heavy (non-hydrogen) atoms. The summed E-state index contributed by atoms with van der Waals surface area (Å²) in [5.74, 6) is 4.72. The van der Waals surface area contributed by atoms with Crippen LogP contribution in [0, 0.1) is 12.3 Å². The largest absolute Gasteiger partial charge is 0.496 e. The van der Waals surface area contributed by atoms with Crippen LogP contribution in [0.2, 0.25) is 0 Å². The van der Waals surface area contributed by atoms with E-state index in [1.165, 1.54) is 23.4 Å². The minimum absolute atomic E-state index is 0.249. The van der Waals surface area contributed by atoms with E-state index in [9.17, 15) is 0 Å². The summed E-state index contributed by atoms with van der Waals surface area (Å²) in [6.07, 6.45) is 10.8. The number of methoxy groups -OCH3 is 2. The van der Waals surface area contributed by atoms with E-state index in [-0.39, 0.29) is 6.04 Å². The van der Waals surface area contributed by atoms with E-state index >= 15 is 0 Å². The molecule has 1 atom stereocenters. The third kappa shape index (κ3) is 4.45. The number of aromatic nitrogens is 3. The van der Waals surface area contributed by atoms with Crippen LogP contribution in [0.3, 0.4) is 0 Å². The van der Waals surface area contributed by atoms with E-state index in [4.69, 9.17) is 25.1 Å². The van der Waals surface area contributed by atoms with Crippen molar-refractivity contribution in [3.8, 4) is 40.5 Å². The highest BCUT2D eigenvalue weighted by molar-refractivity contribution is 7.18. The maximum atomic E-state index is 6.45. The zero-order chi connectivity index (χ0) is 25.4. The Kier molecular flexibility index (Phi) is 6.10. The molecule has 1 saturated heterocycles. The Labute approximate surface area is 218 Å². The minimum atomic E-state index is 0.249. The van der Waals surface area contributed by atoms with Gasteiger partial charge in [-0.1, -0.05) is 5.92 Å². The normalized spacial score (nSPS) is 15.7. The minimum Gasteiger partial charge on any atom is -0.496 e. The van der Waals surface area contributed by atoms with Gasteiger partial charge in [-0.05, 0) is 60.9 Å². The van der Waals surface area contributed by atoms with E-state index in [0.29, 0.717) is 34.6 Å². The molecule has 3 aromatic heterocycles. The number of piperidine rings is 1. The molecular weight excluding hydrogens is 488 g/mol. The van der Waals surface area contributed by atoms with Crippen molar-refractivity contribution >= 4 is 33.0 Å². The average molecular weight is 515 g/mol. The number of imidazole rings is 1. The topological polar surface area (TPSA) is 74.3 Å². The first-order valence-electron chi connectivity index (χ1n) is 12.1. The standard InChI is InChI=1S/C28H26N4O4S/c1-4-18-8-10-19(11-9-18)31-12-6-5-7-20(31)17-35-24-13-21(33-2)14-25-22(24)15-26(36-25)23-16-32-27(29-23)37-28(30-32)34-3/h1,8-11,13-16,20H,5-7,12,17H2,2-3H3. The molecule has 5 aromatic rings. The number of furan rings is 1. The van der Waals surface area contributed by atoms with Gasteiger partial charge in [0.2, 0.25) is 4.96 Å². The Hall–Kier alpha value is -4.16. The Morgan fingerprint density at radius 2 is 2.00 bits per heavy atom. The molecule has 8 nitrogen and oxygen atoms in total. The van der Waals surface area contributed by atoms with Gasteiger partial charge >= 0.3 is 0 Å². The van der Waals surface area contributed by atoms with Gasteiger partial charge in [-0.15, -0.1) is 11.5 Å². The second-order valence-corrected chi connectivity index (χ2v) is 9.84. The number of ether oxygens (including phenoxy) is 3. The van der Waals surface area contributed by atoms with E-state index < -0.39 is 0 Å². The maximum absolute atomic E-state index is 6.45. The number of hydrogen-bond donors (Lipinski definition) is 0. The monoisotopic (exact) mass is 514 g/mol. The number of fused-ring (bicyclic) bond motifs is 2. The zero-order valence-corrected chi connectivity index (χ0v) is 21.5. The lowest BCUT2D eigenvalue weighted by Crippen LogP contribution is -2.43. The lowest BCUT2D eigenvalue weighted by molar-refractivity contribution is 0.262. The van der Waals surface area contributed by atoms with Crippen molar-refractivity contribution in [2.45, 2.75) is 25.3 Å². The summed E-state index contributed by atoms with van der Waals surface area (Å²) >= 11 is 1.37. The molecule has 0 saturated carbocycles. The first kappa shape index (κ1) is 23.3. The highest BCUT2D eigenvalue weighted by Crippen LogP contribution is 2.38. The van der Waals surface area contributed by atoms with Crippen LogP contribution >= 0.6 is 11.3 Å². The van der Waals surface area contributed by atoms with Gasteiger partial charge in [-0.3, -0.25) is 0 Å². The molecule has 188 valence electrons. The van der Waals surface area contributed by atoms with Crippen molar-refractivity contribution in [1.29, 1.82) is 0 Å².